The van der Waals surface area contributed by atoms with Gasteiger partial charge in [0.1, 0.15) is 5.01 Å². The zero-order chi connectivity index (χ0) is 14.1. The third-order valence-electron chi connectivity index (χ3n) is 2.87. The molecule has 0 saturated heterocycles. The summed E-state index contributed by atoms with van der Waals surface area (Å²) in [6.07, 6.45) is 0. The van der Waals surface area contributed by atoms with Crippen LogP contribution in [0, 0.1) is 0 Å². The van der Waals surface area contributed by atoms with Gasteiger partial charge in [-0.05, 0) is 25.1 Å². The Bertz CT molecular complexity index is 737. The number of aromatic nitrogens is 1. The summed E-state index contributed by atoms with van der Waals surface area (Å²) in [5.74, 6) is 0.466. The van der Waals surface area contributed by atoms with E-state index in [4.69, 9.17) is 16.3 Å². The molecule has 5 heteroatoms. The lowest BCUT2D eigenvalue weighted by Crippen LogP contribution is -1.92. The van der Waals surface area contributed by atoms with Crippen LogP contribution in [0.5, 0.6) is 11.5 Å². The van der Waals surface area contributed by atoms with Gasteiger partial charge in [-0.1, -0.05) is 23.7 Å². The molecule has 3 rings (SSSR count). The van der Waals surface area contributed by atoms with Gasteiger partial charge >= 0.3 is 0 Å². The molecule has 2 aromatic carbocycles. The van der Waals surface area contributed by atoms with E-state index in [9.17, 15) is 5.11 Å². The Morgan fingerprint density at radius 2 is 2.10 bits per heavy atom. The highest BCUT2D eigenvalue weighted by Gasteiger charge is 2.14. The fourth-order valence-corrected chi connectivity index (χ4v) is 3.26. The number of para-hydroxylation sites is 1. The second-order valence-electron chi connectivity index (χ2n) is 4.22. The van der Waals surface area contributed by atoms with Gasteiger partial charge in [0.15, 0.2) is 11.5 Å². The molecule has 0 bridgehead atoms. The van der Waals surface area contributed by atoms with Crippen LogP contribution in [0.4, 0.5) is 0 Å². The minimum Gasteiger partial charge on any atom is -0.504 e. The van der Waals surface area contributed by atoms with Crippen molar-refractivity contribution in [3.05, 3.63) is 41.4 Å². The first kappa shape index (κ1) is 13.2. The minimum absolute atomic E-state index is 0.0433. The fourth-order valence-electron chi connectivity index (χ4n) is 1.97. The molecule has 102 valence electrons. The molecule has 0 aliphatic heterocycles. The largest absolute Gasteiger partial charge is 0.504 e. The number of ether oxygens (including phenoxy) is 1. The second kappa shape index (κ2) is 5.31. The Morgan fingerprint density at radius 1 is 1.30 bits per heavy atom. The van der Waals surface area contributed by atoms with E-state index in [1.54, 1.807) is 17.4 Å². The van der Waals surface area contributed by atoms with Gasteiger partial charge < -0.3 is 9.84 Å². The molecule has 0 spiro atoms. The number of hydrogen-bond acceptors (Lipinski definition) is 4. The molecule has 1 N–H and O–H groups in total. The topological polar surface area (TPSA) is 42.4 Å². The first-order valence-electron chi connectivity index (χ1n) is 6.20. The van der Waals surface area contributed by atoms with Crippen LogP contribution in [0.25, 0.3) is 20.8 Å². The number of thiazole rings is 1. The van der Waals surface area contributed by atoms with Crippen molar-refractivity contribution in [1.82, 2.24) is 4.98 Å². The summed E-state index contributed by atoms with van der Waals surface area (Å²) in [5, 5.41) is 11.1. The van der Waals surface area contributed by atoms with Crippen molar-refractivity contribution >= 4 is 33.2 Å². The lowest BCUT2D eigenvalue weighted by atomic mass is 10.2. The molecule has 0 aliphatic carbocycles. The molecule has 1 heterocycles. The van der Waals surface area contributed by atoms with Crippen molar-refractivity contribution in [2.75, 3.05) is 6.61 Å². The van der Waals surface area contributed by atoms with E-state index in [1.807, 2.05) is 31.2 Å². The SMILES string of the molecule is CCOc1cc(-c2nc3ccccc3s2)c(Cl)cc1O. The number of hydrogen-bond donors (Lipinski definition) is 1. The highest BCUT2D eigenvalue weighted by atomic mass is 35.5. The van der Waals surface area contributed by atoms with Gasteiger partial charge in [0, 0.05) is 11.6 Å². The highest BCUT2D eigenvalue weighted by molar-refractivity contribution is 7.21. The molecule has 0 unspecified atom stereocenters. The average Bonchev–Trinajstić information content (AvgIpc) is 2.85. The molecule has 3 aromatic rings. The molecular formula is C15H12ClNO2S. The second-order valence-corrected chi connectivity index (χ2v) is 5.66. The van der Waals surface area contributed by atoms with Gasteiger partial charge in [0.05, 0.1) is 21.8 Å². The maximum atomic E-state index is 9.81. The van der Waals surface area contributed by atoms with Crippen molar-refractivity contribution in [3.63, 3.8) is 0 Å². The Labute approximate surface area is 125 Å². The average molecular weight is 306 g/mol. The molecule has 3 nitrogen and oxygen atoms in total. The quantitative estimate of drug-likeness (QED) is 0.761. The van der Waals surface area contributed by atoms with Crippen LogP contribution in [0.1, 0.15) is 6.92 Å². The van der Waals surface area contributed by atoms with Gasteiger partial charge in [-0.3, -0.25) is 0 Å². The molecule has 0 radical (unpaired) electrons. The highest BCUT2D eigenvalue weighted by Crippen LogP contribution is 2.40. The number of benzene rings is 2. The Balaban J connectivity index is 2.15. The van der Waals surface area contributed by atoms with Crippen molar-refractivity contribution in [2.24, 2.45) is 0 Å². The van der Waals surface area contributed by atoms with E-state index in [1.165, 1.54) is 6.07 Å². The van der Waals surface area contributed by atoms with E-state index in [-0.39, 0.29) is 5.75 Å². The zero-order valence-electron chi connectivity index (χ0n) is 10.8. The molecule has 1 aromatic heterocycles. The Hall–Kier alpha value is -1.78. The lowest BCUT2D eigenvalue weighted by molar-refractivity contribution is 0.318. The molecule has 0 fully saturated rings. The Kier molecular flexibility index (Phi) is 3.51. The third-order valence-corrected chi connectivity index (χ3v) is 4.26. The summed E-state index contributed by atoms with van der Waals surface area (Å²) in [5.41, 5.74) is 1.71. The van der Waals surface area contributed by atoms with Gasteiger partial charge in [-0.25, -0.2) is 4.98 Å². The van der Waals surface area contributed by atoms with Crippen molar-refractivity contribution in [2.45, 2.75) is 6.92 Å². The smallest absolute Gasteiger partial charge is 0.161 e. The monoisotopic (exact) mass is 305 g/mol. The van der Waals surface area contributed by atoms with Crippen molar-refractivity contribution < 1.29 is 9.84 Å². The number of phenolic OH excluding ortho intramolecular Hbond substituents is 1. The Morgan fingerprint density at radius 3 is 2.85 bits per heavy atom. The van der Waals surface area contributed by atoms with Crippen LogP contribution in [0.2, 0.25) is 5.02 Å². The van der Waals surface area contributed by atoms with Gasteiger partial charge in [-0.2, -0.15) is 0 Å². The third kappa shape index (κ3) is 2.32. The number of aromatic hydroxyl groups is 1. The minimum atomic E-state index is 0.0433. The van der Waals surface area contributed by atoms with E-state index < -0.39 is 0 Å². The fraction of sp³-hybridized carbons (Fsp3) is 0.133. The van der Waals surface area contributed by atoms with Gasteiger partial charge in [0.2, 0.25) is 0 Å². The summed E-state index contributed by atoms with van der Waals surface area (Å²) in [4.78, 5) is 4.57. The summed E-state index contributed by atoms with van der Waals surface area (Å²) in [7, 11) is 0. The molecule has 20 heavy (non-hydrogen) atoms. The van der Waals surface area contributed by atoms with Crippen molar-refractivity contribution in [1.29, 1.82) is 0 Å². The molecule has 0 atom stereocenters. The summed E-state index contributed by atoms with van der Waals surface area (Å²) >= 11 is 7.78. The van der Waals surface area contributed by atoms with E-state index in [2.05, 4.69) is 4.98 Å². The lowest BCUT2D eigenvalue weighted by Gasteiger charge is -2.08. The van der Waals surface area contributed by atoms with Crippen LogP contribution in [0.15, 0.2) is 36.4 Å². The van der Waals surface area contributed by atoms with Crippen LogP contribution >= 0.6 is 22.9 Å². The summed E-state index contributed by atoms with van der Waals surface area (Å²) < 4.78 is 6.50. The number of fused-ring (bicyclic) bond motifs is 1. The number of halogens is 1. The maximum Gasteiger partial charge on any atom is 0.161 e. The summed E-state index contributed by atoms with van der Waals surface area (Å²) in [6.45, 7) is 2.35. The molecular weight excluding hydrogens is 294 g/mol. The normalized spacial score (nSPS) is 10.9. The standard InChI is InChI=1S/C15H12ClNO2S/c1-2-19-13-7-9(10(16)8-12(13)18)15-17-11-5-3-4-6-14(11)20-15/h3-8,18H,2H2,1H3. The number of rotatable bonds is 3. The zero-order valence-corrected chi connectivity index (χ0v) is 12.3. The first-order valence-corrected chi connectivity index (χ1v) is 7.39. The predicted octanol–water partition coefficient (Wildman–Crippen LogP) is 4.72. The van der Waals surface area contributed by atoms with Crippen LogP contribution in [0.3, 0.4) is 0 Å². The predicted molar refractivity (Wildman–Crippen MR) is 82.9 cm³/mol. The van der Waals surface area contributed by atoms with Crippen LogP contribution in [-0.2, 0) is 0 Å². The van der Waals surface area contributed by atoms with E-state index >= 15 is 0 Å². The van der Waals surface area contributed by atoms with Gasteiger partial charge in [0.25, 0.3) is 0 Å². The first-order chi connectivity index (χ1) is 9.69. The molecule has 0 saturated carbocycles. The molecule has 0 aliphatic rings. The van der Waals surface area contributed by atoms with Crippen LogP contribution < -0.4 is 4.74 Å². The van der Waals surface area contributed by atoms with E-state index in [0.717, 1.165) is 20.8 Å². The maximum absolute atomic E-state index is 9.81. The van der Waals surface area contributed by atoms with Crippen molar-refractivity contribution in [3.8, 4) is 22.1 Å². The molecule has 0 amide bonds. The van der Waals surface area contributed by atoms with Crippen LogP contribution in [-0.4, -0.2) is 16.7 Å². The summed E-state index contributed by atoms with van der Waals surface area (Å²) in [6, 6.07) is 11.2. The number of phenols is 1. The van der Waals surface area contributed by atoms with Gasteiger partial charge in [-0.15, -0.1) is 11.3 Å². The van der Waals surface area contributed by atoms with E-state index in [0.29, 0.717) is 17.4 Å². The number of nitrogens with zero attached hydrogens (tertiary/aromatic N) is 1.